The van der Waals surface area contributed by atoms with Gasteiger partial charge in [-0.15, -0.1) is 0 Å². The molecule has 1 aliphatic rings. The van der Waals surface area contributed by atoms with E-state index in [9.17, 15) is 15.0 Å². The Labute approximate surface area is 133 Å². The summed E-state index contributed by atoms with van der Waals surface area (Å²) in [6, 6.07) is 10.2. The number of phenols is 2. The van der Waals surface area contributed by atoms with E-state index < -0.39 is 11.5 Å². The number of carbonyl (C=O) groups excluding carboxylic acids is 1. The molecule has 2 N–H and O–H groups in total. The van der Waals surface area contributed by atoms with E-state index in [4.69, 9.17) is 11.6 Å². The number of para-hydroxylation sites is 2. The van der Waals surface area contributed by atoms with Crippen LogP contribution in [0.2, 0.25) is 5.02 Å². The molecule has 0 saturated heterocycles. The fourth-order valence-corrected chi connectivity index (χ4v) is 2.80. The van der Waals surface area contributed by atoms with E-state index in [1.807, 2.05) is 31.3 Å². The topological polar surface area (TPSA) is 64.0 Å². The molecule has 1 amide bonds. The minimum atomic E-state index is -0.419. The van der Waals surface area contributed by atoms with Crippen LogP contribution in [-0.2, 0) is 0 Å². The maximum atomic E-state index is 12.7. The number of nitrogens with zero attached hydrogens (tertiary/aromatic N) is 2. The lowest BCUT2D eigenvalue weighted by molar-refractivity contribution is 0.0986. The number of fused-ring (bicyclic) bond motifs is 1. The van der Waals surface area contributed by atoms with E-state index >= 15 is 0 Å². The van der Waals surface area contributed by atoms with Crippen LogP contribution in [0.5, 0.6) is 11.5 Å². The molecule has 0 fully saturated rings. The van der Waals surface area contributed by atoms with Crippen LogP contribution in [0.3, 0.4) is 0 Å². The second-order valence-corrected chi connectivity index (χ2v) is 5.60. The molecule has 0 atom stereocenters. The van der Waals surface area contributed by atoms with E-state index in [-0.39, 0.29) is 16.5 Å². The Hall–Kier alpha value is -2.40. The van der Waals surface area contributed by atoms with Crippen molar-refractivity contribution in [3.63, 3.8) is 0 Å². The number of hydrogen-bond acceptors (Lipinski definition) is 4. The molecule has 0 spiro atoms. The molecule has 0 saturated carbocycles. The highest BCUT2D eigenvalue weighted by atomic mass is 35.5. The van der Waals surface area contributed by atoms with Gasteiger partial charge in [-0.1, -0.05) is 23.7 Å². The summed E-state index contributed by atoms with van der Waals surface area (Å²) < 4.78 is 0. The minimum Gasteiger partial charge on any atom is -0.504 e. The third kappa shape index (κ3) is 2.33. The summed E-state index contributed by atoms with van der Waals surface area (Å²) >= 11 is 5.84. The zero-order chi connectivity index (χ0) is 15.9. The Balaban J connectivity index is 2.02. The lowest BCUT2D eigenvalue weighted by atomic mass is 10.1. The molecule has 0 aromatic heterocycles. The third-order valence-corrected chi connectivity index (χ3v) is 4.07. The standard InChI is InChI=1S/C16H15ClN2O3/c1-18-6-7-19(13-5-3-2-4-12(13)18)16(22)10-8-11(17)15(21)14(20)9-10/h2-5,8-9,20-21H,6-7H2,1H3. The summed E-state index contributed by atoms with van der Waals surface area (Å²) in [6.45, 7) is 1.24. The fourth-order valence-electron chi connectivity index (χ4n) is 2.58. The summed E-state index contributed by atoms with van der Waals surface area (Å²) in [6.07, 6.45) is 0. The molecular formula is C16H15ClN2O3. The highest BCUT2D eigenvalue weighted by Crippen LogP contribution is 2.36. The van der Waals surface area contributed by atoms with E-state index in [0.29, 0.717) is 13.1 Å². The van der Waals surface area contributed by atoms with Crippen molar-refractivity contribution in [2.45, 2.75) is 0 Å². The van der Waals surface area contributed by atoms with Gasteiger partial charge in [-0.2, -0.15) is 0 Å². The van der Waals surface area contributed by atoms with E-state index in [2.05, 4.69) is 4.90 Å². The number of benzene rings is 2. The molecule has 5 nitrogen and oxygen atoms in total. The van der Waals surface area contributed by atoms with Crippen molar-refractivity contribution in [3.8, 4) is 11.5 Å². The molecule has 22 heavy (non-hydrogen) atoms. The van der Waals surface area contributed by atoms with Crippen LogP contribution in [0.15, 0.2) is 36.4 Å². The number of rotatable bonds is 1. The van der Waals surface area contributed by atoms with Crippen molar-refractivity contribution in [2.75, 3.05) is 29.9 Å². The van der Waals surface area contributed by atoms with Crippen LogP contribution in [0, 0.1) is 0 Å². The van der Waals surface area contributed by atoms with Gasteiger partial charge in [-0.3, -0.25) is 4.79 Å². The predicted molar refractivity (Wildman–Crippen MR) is 86.2 cm³/mol. The minimum absolute atomic E-state index is 0.0502. The van der Waals surface area contributed by atoms with Gasteiger partial charge in [0.2, 0.25) is 0 Å². The first-order chi connectivity index (χ1) is 10.5. The van der Waals surface area contributed by atoms with Gasteiger partial charge >= 0.3 is 0 Å². The number of anilines is 2. The summed E-state index contributed by atoms with van der Waals surface area (Å²) in [4.78, 5) is 16.5. The Morgan fingerprint density at radius 1 is 1.14 bits per heavy atom. The SMILES string of the molecule is CN1CCN(C(=O)c2cc(O)c(O)c(Cl)c2)c2ccccc21. The molecule has 114 valence electrons. The summed E-state index contributed by atoms with van der Waals surface area (Å²) in [5, 5.41) is 19.1. The van der Waals surface area contributed by atoms with E-state index in [1.54, 1.807) is 4.90 Å². The van der Waals surface area contributed by atoms with Crippen LogP contribution in [0.4, 0.5) is 11.4 Å². The van der Waals surface area contributed by atoms with Crippen LogP contribution in [0.25, 0.3) is 0 Å². The second kappa shape index (κ2) is 5.42. The molecule has 0 aliphatic carbocycles. The van der Waals surface area contributed by atoms with Crippen LogP contribution < -0.4 is 9.80 Å². The summed E-state index contributed by atoms with van der Waals surface area (Å²) in [5.41, 5.74) is 2.01. The van der Waals surface area contributed by atoms with Gasteiger partial charge in [0, 0.05) is 25.7 Å². The second-order valence-electron chi connectivity index (χ2n) is 5.19. The van der Waals surface area contributed by atoms with Crippen LogP contribution in [-0.4, -0.2) is 36.3 Å². The van der Waals surface area contributed by atoms with Crippen LogP contribution in [0.1, 0.15) is 10.4 Å². The van der Waals surface area contributed by atoms with Gasteiger partial charge in [0.25, 0.3) is 5.91 Å². The molecule has 1 heterocycles. The van der Waals surface area contributed by atoms with Gasteiger partial charge in [-0.25, -0.2) is 0 Å². The largest absolute Gasteiger partial charge is 0.504 e. The molecule has 6 heteroatoms. The van der Waals surface area contributed by atoms with E-state index in [0.717, 1.165) is 11.4 Å². The zero-order valence-corrected chi connectivity index (χ0v) is 12.7. The highest BCUT2D eigenvalue weighted by molar-refractivity contribution is 6.32. The number of likely N-dealkylation sites (N-methyl/N-ethyl adjacent to an activating group) is 1. The Kier molecular flexibility index (Phi) is 3.58. The van der Waals surface area contributed by atoms with Gasteiger partial charge < -0.3 is 20.0 Å². The predicted octanol–water partition coefficient (Wildman–Crippen LogP) is 2.85. The molecular weight excluding hydrogens is 304 g/mol. The van der Waals surface area contributed by atoms with Gasteiger partial charge in [-0.05, 0) is 24.3 Å². The quantitative estimate of drug-likeness (QED) is 0.794. The van der Waals surface area contributed by atoms with Crippen molar-refractivity contribution < 1.29 is 15.0 Å². The molecule has 2 aromatic rings. The third-order valence-electron chi connectivity index (χ3n) is 3.78. The summed E-state index contributed by atoms with van der Waals surface area (Å²) in [5.74, 6) is -1.09. The molecule has 0 radical (unpaired) electrons. The number of phenolic OH excluding ortho intramolecular Hbond substituents is 2. The zero-order valence-electron chi connectivity index (χ0n) is 12.0. The first-order valence-electron chi connectivity index (χ1n) is 6.82. The van der Waals surface area contributed by atoms with Crippen molar-refractivity contribution >= 4 is 28.9 Å². The fraction of sp³-hybridized carbons (Fsp3) is 0.188. The number of aromatic hydroxyl groups is 2. The van der Waals surface area contributed by atoms with Crippen molar-refractivity contribution in [2.24, 2.45) is 0 Å². The average Bonchev–Trinajstić information content (AvgIpc) is 2.52. The number of hydrogen-bond donors (Lipinski definition) is 2. The first kappa shape index (κ1) is 14.5. The molecule has 0 bridgehead atoms. The van der Waals surface area contributed by atoms with Crippen molar-refractivity contribution in [1.82, 2.24) is 0 Å². The maximum Gasteiger partial charge on any atom is 0.258 e. The Morgan fingerprint density at radius 3 is 2.50 bits per heavy atom. The number of amides is 1. The molecule has 0 unspecified atom stereocenters. The van der Waals surface area contributed by atoms with Crippen molar-refractivity contribution in [1.29, 1.82) is 0 Å². The average molecular weight is 319 g/mol. The normalized spacial score (nSPS) is 13.9. The number of carbonyl (C=O) groups is 1. The van der Waals surface area contributed by atoms with Crippen LogP contribution >= 0.6 is 11.6 Å². The smallest absolute Gasteiger partial charge is 0.258 e. The summed E-state index contributed by atoms with van der Waals surface area (Å²) in [7, 11) is 1.98. The maximum absolute atomic E-state index is 12.7. The van der Waals surface area contributed by atoms with Gasteiger partial charge in [0.1, 0.15) is 0 Å². The lowest BCUT2D eigenvalue weighted by Crippen LogP contribution is -2.42. The van der Waals surface area contributed by atoms with E-state index in [1.165, 1.54) is 12.1 Å². The van der Waals surface area contributed by atoms with Gasteiger partial charge in [0.15, 0.2) is 11.5 Å². The first-order valence-corrected chi connectivity index (χ1v) is 7.20. The Morgan fingerprint density at radius 2 is 1.82 bits per heavy atom. The molecule has 3 rings (SSSR count). The molecule has 2 aromatic carbocycles. The van der Waals surface area contributed by atoms with Gasteiger partial charge in [0.05, 0.1) is 16.4 Å². The monoisotopic (exact) mass is 318 g/mol. The Bertz CT molecular complexity index is 725. The number of halogens is 1. The molecule has 1 aliphatic heterocycles. The van der Waals surface area contributed by atoms with Crippen molar-refractivity contribution in [3.05, 3.63) is 47.0 Å². The highest BCUT2D eigenvalue weighted by Gasteiger charge is 2.26. The lowest BCUT2D eigenvalue weighted by Gasteiger charge is -2.35.